The average molecular weight is 346 g/mol. The number of hydrogen-bond acceptors (Lipinski definition) is 3. The first-order valence-electron chi connectivity index (χ1n) is 7.50. The average Bonchev–Trinajstić information content (AvgIpc) is 2.59. The van der Waals surface area contributed by atoms with E-state index in [-0.39, 0.29) is 5.91 Å². The van der Waals surface area contributed by atoms with Crippen molar-refractivity contribution in [1.29, 1.82) is 0 Å². The smallest absolute Gasteiger partial charge is 0.251 e. The Kier molecular flexibility index (Phi) is 6.27. The van der Waals surface area contributed by atoms with Gasteiger partial charge in [0.25, 0.3) is 5.91 Å². The summed E-state index contributed by atoms with van der Waals surface area (Å²) in [6.07, 6.45) is 3.75. The predicted molar refractivity (Wildman–Crippen MR) is 96.9 cm³/mol. The Morgan fingerprint density at radius 3 is 2.62 bits per heavy atom. The van der Waals surface area contributed by atoms with E-state index in [1.54, 1.807) is 32.4 Å². The summed E-state index contributed by atoms with van der Waals surface area (Å²) in [7, 11) is 3.12. The Morgan fingerprint density at radius 2 is 2.00 bits per heavy atom. The van der Waals surface area contributed by atoms with Gasteiger partial charge in [-0.3, -0.25) is 4.79 Å². The van der Waals surface area contributed by atoms with Gasteiger partial charge in [-0.1, -0.05) is 35.9 Å². The van der Waals surface area contributed by atoms with Crippen molar-refractivity contribution >= 4 is 23.6 Å². The molecule has 126 valence electrons. The van der Waals surface area contributed by atoms with E-state index in [0.717, 1.165) is 11.1 Å². The molecule has 0 bridgehead atoms. The highest BCUT2D eigenvalue weighted by molar-refractivity contribution is 6.30. The van der Waals surface area contributed by atoms with Gasteiger partial charge in [0, 0.05) is 22.7 Å². The summed E-state index contributed by atoms with van der Waals surface area (Å²) in [5.41, 5.74) is 2.22. The molecule has 2 aromatic rings. The van der Waals surface area contributed by atoms with Crippen molar-refractivity contribution in [1.82, 2.24) is 5.32 Å². The van der Waals surface area contributed by atoms with Crippen LogP contribution in [0.3, 0.4) is 0 Å². The fourth-order valence-corrected chi connectivity index (χ4v) is 2.57. The molecule has 24 heavy (non-hydrogen) atoms. The van der Waals surface area contributed by atoms with Crippen LogP contribution in [0.25, 0.3) is 6.08 Å². The van der Waals surface area contributed by atoms with Crippen LogP contribution in [0.2, 0.25) is 5.02 Å². The molecule has 0 aromatic heterocycles. The molecule has 5 heteroatoms. The second-order valence-corrected chi connectivity index (χ2v) is 5.55. The molecular weight excluding hydrogens is 326 g/mol. The summed E-state index contributed by atoms with van der Waals surface area (Å²) in [4.78, 5) is 12.5. The minimum Gasteiger partial charge on any atom is -0.493 e. The van der Waals surface area contributed by atoms with Crippen molar-refractivity contribution in [3.05, 3.63) is 64.2 Å². The van der Waals surface area contributed by atoms with Crippen LogP contribution in [0.4, 0.5) is 0 Å². The SMILES string of the molecule is C/C=C/c1cc(C(=O)NCc2cccc(Cl)c2)cc(OC)c1OC. The first-order valence-corrected chi connectivity index (χ1v) is 7.88. The van der Waals surface area contributed by atoms with Crippen LogP contribution in [0.1, 0.15) is 28.4 Å². The Morgan fingerprint density at radius 1 is 1.21 bits per heavy atom. The van der Waals surface area contributed by atoms with Gasteiger partial charge < -0.3 is 14.8 Å². The van der Waals surface area contributed by atoms with Gasteiger partial charge in [-0.05, 0) is 36.8 Å². The number of hydrogen-bond donors (Lipinski definition) is 1. The van der Waals surface area contributed by atoms with Gasteiger partial charge in [-0.15, -0.1) is 0 Å². The van der Waals surface area contributed by atoms with Gasteiger partial charge in [0.1, 0.15) is 0 Å². The first-order chi connectivity index (χ1) is 11.6. The van der Waals surface area contributed by atoms with E-state index in [9.17, 15) is 4.79 Å². The zero-order valence-electron chi connectivity index (χ0n) is 13.9. The van der Waals surface area contributed by atoms with Crippen LogP contribution < -0.4 is 14.8 Å². The number of carbonyl (C=O) groups excluding carboxylic acids is 1. The molecule has 0 fully saturated rings. The van der Waals surface area contributed by atoms with E-state index >= 15 is 0 Å². The maximum absolute atomic E-state index is 12.5. The first kappa shape index (κ1) is 17.9. The monoisotopic (exact) mass is 345 g/mol. The summed E-state index contributed by atoms with van der Waals surface area (Å²) >= 11 is 5.95. The minimum atomic E-state index is -0.193. The van der Waals surface area contributed by atoms with Crippen molar-refractivity contribution in [3.8, 4) is 11.5 Å². The fourth-order valence-electron chi connectivity index (χ4n) is 2.36. The molecule has 0 aliphatic carbocycles. The Labute approximate surface area is 147 Å². The molecule has 2 aromatic carbocycles. The number of benzene rings is 2. The van der Waals surface area contributed by atoms with Crippen molar-refractivity contribution < 1.29 is 14.3 Å². The minimum absolute atomic E-state index is 0.193. The maximum Gasteiger partial charge on any atom is 0.251 e. The number of amides is 1. The molecule has 2 rings (SSSR count). The Balaban J connectivity index is 2.23. The molecule has 0 heterocycles. The van der Waals surface area contributed by atoms with Gasteiger partial charge in [-0.25, -0.2) is 0 Å². The number of carbonyl (C=O) groups is 1. The third kappa shape index (κ3) is 4.30. The highest BCUT2D eigenvalue weighted by Crippen LogP contribution is 2.33. The van der Waals surface area contributed by atoms with Crippen LogP contribution in [0.5, 0.6) is 11.5 Å². The molecule has 0 unspecified atom stereocenters. The van der Waals surface area contributed by atoms with Crippen LogP contribution in [-0.4, -0.2) is 20.1 Å². The largest absolute Gasteiger partial charge is 0.493 e. The Hall–Kier alpha value is -2.46. The lowest BCUT2D eigenvalue weighted by Gasteiger charge is -2.13. The number of nitrogens with one attached hydrogen (secondary N) is 1. The number of rotatable bonds is 6. The van der Waals surface area contributed by atoms with Crippen molar-refractivity contribution in [3.63, 3.8) is 0 Å². The predicted octanol–water partition coefficient (Wildman–Crippen LogP) is 4.32. The molecule has 4 nitrogen and oxygen atoms in total. The molecule has 0 aliphatic heterocycles. The number of halogens is 1. The third-order valence-electron chi connectivity index (χ3n) is 3.46. The summed E-state index contributed by atoms with van der Waals surface area (Å²) in [5.74, 6) is 0.921. The summed E-state index contributed by atoms with van der Waals surface area (Å²) < 4.78 is 10.7. The van der Waals surface area contributed by atoms with Crippen LogP contribution in [0.15, 0.2) is 42.5 Å². The van der Waals surface area contributed by atoms with Gasteiger partial charge in [0.15, 0.2) is 11.5 Å². The van der Waals surface area contributed by atoms with Crippen molar-refractivity contribution in [2.24, 2.45) is 0 Å². The van der Waals surface area contributed by atoms with Crippen LogP contribution in [-0.2, 0) is 6.54 Å². The molecule has 0 aliphatic rings. The third-order valence-corrected chi connectivity index (χ3v) is 3.69. The zero-order valence-corrected chi connectivity index (χ0v) is 14.7. The zero-order chi connectivity index (χ0) is 17.5. The molecule has 0 radical (unpaired) electrons. The lowest BCUT2D eigenvalue weighted by atomic mass is 10.1. The molecule has 0 saturated heterocycles. The van der Waals surface area contributed by atoms with Crippen LogP contribution in [0, 0.1) is 0 Å². The summed E-state index contributed by atoms with van der Waals surface area (Å²) in [6.45, 7) is 2.30. The van der Waals surface area contributed by atoms with E-state index in [1.807, 2.05) is 37.3 Å². The lowest BCUT2D eigenvalue weighted by Crippen LogP contribution is -2.23. The second-order valence-electron chi connectivity index (χ2n) is 5.11. The fraction of sp³-hybridized carbons (Fsp3) is 0.211. The van der Waals surface area contributed by atoms with Crippen molar-refractivity contribution in [2.75, 3.05) is 14.2 Å². The van der Waals surface area contributed by atoms with E-state index in [1.165, 1.54) is 0 Å². The van der Waals surface area contributed by atoms with Crippen molar-refractivity contribution in [2.45, 2.75) is 13.5 Å². The molecule has 0 saturated carbocycles. The summed E-state index contributed by atoms with van der Waals surface area (Å²) in [6, 6.07) is 10.8. The van der Waals surface area contributed by atoms with E-state index in [2.05, 4.69) is 5.32 Å². The normalized spacial score (nSPS) is 10.7. The standard InChI is InChI=1S/C19H20ClNO3/c1-4-6-14-10-15(11-17(23-2)18(14)24-3)19(22)21-12-13-7-5-8-16(20)9-13/h4-11H,12H2,1-3H3,(H,21,22)/b6-4+. The molecule has 1 amide bonds. The highest BCUT2D eigenvalue weighted by Gasteiger charge is 2.14. The van der Waals surface area contributed by atoms with E-state index in [0.29, 0.717) is 28.6 Å². The highest BCUT2D eigenvalue weighted by atomic mass is 35.5. The maximum atomic E-state index is 12.5. The Bertz CT molecular complexity index is 756. The molecular formula is C19H20ClNO3. The number of allylic oxidation sites excluding steroid dienone is 1. The second kappa shape index (κ2) is 8.41. The topological polar surface area (TPSA) is 47.6 Å². The number of methoxy groups -OCH3 is 2. The summed E-state index contributed by atoms with van der Waals surface area (Å²) in [5, 5.41) is 3.52. The van der Waals surface area contributed by atoms with E-state index in [4.69, 9.17) is 21.1 Å². The van der Waals surface area contributed by atoms with E-state index < -0.39 is 0 Å². The lowest BCUT2D eigenvalue weighted by molar-refractivity contribution is 0.0950. The van der Waals surface area contributed by atoms with Crippen LogP contribution >= 0.6 is 11.6 Å². The number of ether oxygens (including phenoxy) is 2. The molecule has 0 spiro atoms. The van der Waals surface area contributed by atoms with Gasteiger partial charge >= 0.3 is 0 Å². The molecule has 1 N–H and O–H groups in total. The quantitative estimate of drug-likeness (QED) is 0.848. The van der Waals surface area contributed by atoms with Gasteiger partial charge in [0.05, 0.1) is 14.2 Å². The van der Waals surface area contributed by atoms with Gasteiger partial charge in [0.2, 0.25) is 0 Å². The van der Waals surface area contributed by atoms with Gasteiger partial charge in [-0.2, -0.15) is 0 Å². The molecule has 0 atom stereocenters.